The number of aromatic nitrogens is 1. The highest BCUT2D eigenvalue weighted by atomic mass is 16.8. The van der Waals surface area contributed by atoms with E-state index < -0.39 is 88.7 Å². The van der Waals surface area contributed by atoms with Gasteiger partial charge < -0.3 is 57.5 Å². The van der Waals surface area contributed by atoms with E-state index in [0.717, 1.165) is 0 Å². The first-order valence-corrected chi connectivity index (χ1v) is 22.9. The molecule has 0 saturated carbocycles. The number of hydrogen-bond donors (Lipinski definition) is 2. The first-order chi connectivity index (χ1) is 32.0. The molecule has 17 nitrogen and oxygen atoms in total. The minimum Gasteiger partial charge on any atom is -0.505 e. The van der Waals surface area contributed by atoms with E-state index in [1.54, 1.807) is 63.3 Å². The summed E-state index contributed by atoms with van der Waals surface area (Å²) in [5.41, 5.74) is -0.0535. The molecule has 5 aliphatic heterocycles. The van der Waals surface area contributed by atoms with Gasteiger partial charge >= 0.3 is 11.9 Å². The second-order valence-corrected chi connectivity index (χ2v) is 19.3. The quantitative estimate of drug-likeness (QED) is 0.0850. The van der Waals surface area contributed by atoms with Crippen molar-refractivity contribution in [2.75, 3.05) is 25.6 Å². The van der Waals surface area contributed by atoms with Gasteiger partial charge in [0, 0.05) is 54.2 Å². The highest BCUT2D eigenvalue weighted by Gasteiger charge is 2.51. The number of carbonyl (C=O) groups excluding carboxylic acids is 3. The Bertz CT molecular complexity index is 2830. The molecule has 2 N–H and O–H groups in total. The third-order valence-corrected chi connectivity index (χ3v) is 13.4. The lowest BCUT2D eigenvalue weighted by Crippen LogP contribution is -2.56. The number of nitrogens with zero attached hydrogens (tertiary/aromatic N) is 1. The number of methoxy groups -OCH3 is 1. The fourth-order valence-electron chi connectivity index (χ4n) is 9.80. The Labute approximate surface area is 393 Å². The number of phenols is 1. The van der Waals surface area contributed by atoms with Crippen molar-refractivity contribution in [3.05, 3.63) is 81.8 Å². The van der Waals surface area contributed by atoms with Gasteiger partial charge in [-0.05, 0) is 59.8 Å². The van der Waals surface area contributed by atoms with Crippen LogP contribution in [0.15, 0.2) is 69.6 Å². The fourth-order valence-corrected chi connectivity index (χ4v) is 9.80. The summed E-state index contributed by atoms with van der Waals surface area (Å²) in [6.07, 6.45) is 4.08. The molecule has 364 valence electrons. The van der Waals surface area contributed by atoms with Crippen molar-refractivity contribution in [1.29, 1.82) is 0 Å². The number of Topliss-reactive ketones (excluding diaryl/α,β-unsaturated/α-hetero) is 1. The normalized spacial score (nSPS) is 32.3. The molecule has 0 spiro atoms. The third kappa shape index (κ3) is 8.97. The third-order valence-electron chi connectivity index (χ3n) is 13.4. The van der Waals surface area contributed by atoms with Gasteiger partial charge in [-0.1, -0.05) is 58.1 Å². The molecule has 7 bridgehead atoms. The van der Waals surface area contributed by atoms with Gasteiger partial charge in [-0.2, -0.15) is 0 Å². The van der Waals surface area contributed by atoms with Gasteiger partial charge in [-0.25, -0.2) is 9.78 Å². The number of phenolic OH excluding ortho intramolecular Hbond substituents is 1. The Morgan fingerprint density at radius 2 is 1.63 bits per heavy atom. The maximum atomic E-state index is 14.8. The zero-order chi connectivity index (χ0) is 49.2. The highest BCUT2D eigenvalue weighted by Crippen LogP contribution is 2.49. The Balaban J connectivity index is 1.24. The molecule has 17 heteroatoms. The number of hydrogen-bond acceptors (Lipinski definition) is 16. The first kappa shape index (κ1) is 48.6. The van der Waals surface area contributed by atoms with E-state index in [1.807, 2.05) is 47.6 Å². The number of anilines is 1. The van der Waals surface area contributed by atoms with E-state index in [1.165, 1.54) is 27.2 Å². The molecule has 9 rings (SSSR count). The van der Waals surface area contributed by atoms with Crippen molar-refractivity contribution in [2.24, 2.45) is 23.7 Å². The molecule has 10 atom stereocenters. The predicted molar refractivity (Wildman–Crippen MR) is 249 cm³/mol. The number of ketones is 1. The molecule has 1 aromatic heterocycles. The molecule has 2 saturated heterocycles. The summed E-state index contributed by atoms with van der Waals surface area (Å²) in [6, 6.07) is 6.84. The maximum Gasteiger partial charge on any atom is 0.508 e. The van der Waals surface area contributed by atoms with Crippen molar-refractivity contribution < 1.29 is 66.5 Å². The van der Waals surface area contributed by atoms with Gasteiger partial charge in [0.15, 0.2) is 33.9 Å². The number of aromatic hydroxyl groups is 1. The Morgan fingerprint density at radius 3 is 2.34 bits per heavy atom. The maximum absolute atomic E-state index is 14.8. The molecule has 3 aromatic carbocycles. The van der Waals surface area contributed by atoms with Crippen LogP contribution in [0.2, 0.25) is 0 Å². The van der Waals surface area contributed by atoms with Gasteiger partial charge in [-0.15, -0.1) is 0 Å². The van der Waals surface area contributed by atoms with Gasteiger partial charge in [0.1, 0.15) is 41.3 Å². The number of nitrogens with one attached hydrogen (secondary N) is 1. The van der Waals surface area contributed by atoms with Crippen LogP contribution in [-0.4, -0.2) is 96.1 Å². The van der Waals surface area contributed by atoms with E-state index in [0.29, 0.717) is 11.1 Å². The van der Waals surface area contributed by atoms with Gasteiger partial charge in [0.05, 0.1) is 42.1 Å². The van der Waals surface area contributed by atoms with Crippen LogP contribution in [-0.2, 0) is 42.7 Å². The molecule has 1 amide bonds. The molecule has 1 unspecified atom stereocenters. The topological polar surface area (TPSA) is 210 Å². The van der Waals surface area contributed by atoms with Crippen molar-refractivity contribution in [3.63, 3.8) is 0 Å². The predicted octanol–water partition coefficient (Wildman–Crippen LogP) is 8.54. The minimum absolute atomic E-state index is 0.0106. The number of benzene rings is 3. The molecule has 68 heavy (non-hydrogen) atoms. The smallest absolute Gasteiger partial charge is 0.505 e. The minimum atomic E-state index is -2.03. The zero-order valence-corrected chi connectivity index (χ0v) is 40.4. The van der Waals surface area contributed by atoms with E-state index in [2.05, 4.69) is 5.32 Å². The monoisotopic (exact) mass is 940 g/mol. The van der Waals surface area contributed by atoms with Crippen molar-refractivity contribution >= 4 is 56.5 Å². The number of allylic oxidation sites excluding steroid dienone is 2. The average Bonchev–Trinajstić information content (AvgIpc) is 3.78. The van der Waals surface area contributed by atoms with E-state index in [9.17, 15) is 24.3 Å². The van der Waals surface area contributed by atoms with Crippen LogP contribution in [0.3, 0.4) is 0 Å². The first-order valence-electron chi connectivity index (χ1n) is 22.9. The van der Waals surface area contributed by atoms with Gasteiger partial charge in [0.2, 0.25) is 0 Å². The number of carbonyl (C=O) groups is 3. The summed E-state index contributed by atoms with van der Waals surface area (Å²) in [4.78, 5) is 61.6. The lowest BCUT2D eigenvalue weighted by molar-refractivity contribution is -0.336. The number of amides is 1. The molecular weight excluding hydrogens is 881 g/mol. The summed E-state index contributed by atoms with van der Waals surface area (Å²) in [5, 5.41) is 14.5. The van der Waals surface area contributed by atoms with Gasteiger partial charge in [0.25, 0.3) is 11.7 Å². The van der Waals surface area contributed by atoms with Crippen LogP contribution in [0.5, 0.6) is 11.5 Å². The molecular formula is C51H60N2O15. The number of ether oxygens (including phenoxy) is 9. The van der Waals surface area contributed by atoms with Crippen molar-refractivity contribution in [2.45, 2.75) is 124 Å². The van der Waals surface area contributed by atoms with Gasteiger partial charge in [-0.3, -0.25) is 14.4 Å². The summed E-state index contributed by atoms with van der Waals surface area (Å²) < 4.78 is 61.3. The summed E-state index contributed by atoms with van der Waals surface area (Å²) in [5.74, 6) is -7.47. The molecule has 0 radical (unpaired) electrons. The molecule has 5 aliphatic rings. The Morgan fingerprint density at radius 1 is 0.912 bits per heavy atom. The van der Waals surface area contributed by atoms with E-state index in [4.69, 9.17) is 52.0 Å². The number of para-hydroxylation sites is 2. The molecule has 6 heterocycles. The van der Waals surface area contributed by atoms with E-state index >= 15 is 0 Å². The molecule has 4 aromatic rings. The number of fused-ring (bicyclic) bond motifs is 10. The average molecular weight is 941 g/mol. The van der Waals surface area contributed by atoms with Crippen LogP contribution in [0.1, 0.15) is 85.2 Å². The van der Waals surface area contributed by atoms with Crippen LogP contribution in [0.4, 0.5) is 10.5 Å². The van der Waals surface area contributed by atoms with Crippen LogP contribution >= 0.6 is 0 Å². The van der Waals surface area contributed by atoms with Crippen LogP contribution in [0.25, 0.3) is 33.0 Å². The second-order valence-electron chi connectivity index (χ2n) is 19.3. The summed E-state index contributed by atoms with van der Waals surface area (Å²) >= 11 is 0. The Hall–Kier alpha value is -5.85. The summed E-state index contributed by atoms with van der Waals surface area (Å²) in [7, 11) is 1.49. The summed E-state index contributed by atoms with van der Waals surface area (Å²) in [6.45, 7) is 19.6. The van der Waals surface area contributed by atoms with E-state index in [-0.39, 0.29) is 75.1 Å². The van der Waals surface area contributed by atoms with Crippen LogP contribution < -0.4 is 15.5 Å². The SMILES string of the molecule is CO[C@H]1/C=C/O[C@@]2(C)Oc3c(C)c(=O)c4c(O)c(c5oc6ccccc6nc5c4c3C2=O)NC(=O)/C(C)=C\C=C\[C@H](C)[C@@H]2OC(C)(C)O[C@@H]([C@@H](C)[C@H](OC(=O)OCC3COC(C)(C)O3)[C@@H]1C)[C@@H]2C. The Kier molecular flexibility index (Phi) is 13.0. The molecule has 0 aliphatic carbocycles. The lowest BCUT2D eigenvalue weighted by Gasteiger charge is -2.50. The molecule has 2 fully saturated rings. The highest BCUT2D eigenvalue weighted by molar-refractivity contribution is 6.26. The van der Waals surface area contributed by atoms with Crippen LogP contribution in [0, 0.1) is 30.6 Å². The lowest BCUT2D eigenvalue weighted by atomic mass is 9.77. The number of rotatable bonds is 4. The fraction of sp³-hybridized carbons (Fsp3) is 0.510. The standard InChI is InChI=1S/C51H60N2O15/c1-24-16-15-17-25(2)47(57)53-38-40(55)35-34(37-45(38)63-33-19-14-13-18-31(33)52-37)36-44(27(4)39(35)54)68-51(11,46(36)56)61-21-20-32(59-12)26(3)42(29(6)43-28(5)41(24)66-50(9,10)67-43)64-48(58)60-22-30-23-62-49(7,8)65-30/h13-21,24,26,28-30,32,41-43,55H,22-23H2,1-12H3,(H,53,57)/b16-15+,21-20+,25-17-/t24-,26+,28+,29-,30?,32-,41-,42+,43+,51-/m0/s1. The second kappa shape index (κ2) is 18.2. The largest absolute Gasteiger partial charge is 0.508 e. The van der Waals surface area contributed by atoms with Crippen molar-refractivity contribution in [1.82, 2.24) is 4.98 Å². The van der Waals surface area contributed by atoms with Crippen molar-refractivity contribution in [3.8, 4) is 11.5 Å². The zero-order valence-electron chi connectivity index (χ0n) is 40.4.